The number of fused-ring (bicyclic) bond motifs is 1. The number of aryl methyl sites for hydroxylation is 1. The van der Waals surface area contributed by atoms with Gasteiger partial charge in [-0.3, -0.25) is 19.3 Å². The number of nitrogens with one attached hydrogen (secondary N) is 1. The number of methoxy groups -OCH3 is 1. The lowest BCUT2D eigenvalue weighted by atomic mass is 9.88. The summed E-state index contributed by atoms with van der Waals surface area (Å²) in [6, 6.07) is 8.94. The molecular formula is C25H28N4O4S. The van der Waals surface area contributed by atoms with Crippen molar-refractivity contribution < 1.29 is 14.3 Å². The molecule has 2 saturated heterocycles. The van der Waals surface area contributed by atoms with Crippen molar-refractivity contribution in [2.45, 2.75) is 38.8 Å². The Hall–Kier alpha value is -3.04. The molecule has 1 unspecified atom stereocenters. The first-order chi connectivity index (χ1) is 16.4. The number of aromatic amines is 1. The summed E-state index contributed by atoms with van der Waals surface area (Å²) in [4.78, 5) is 51.6. The number of carbonyl (C=O) groups is 2. The van der Waals surface area contributed by atoms with Gasteiger partial charge < -0.3 is 14.6 Å². The Morgan fingerprint density at radius 1 is 1.15 bits per heavy atom. The second kappa shape index (κ2) is 9.31. The van der Waals surface area contributed by atoms with Crippen LogP contribution < -0.4 is 10.3 Å². The molecule has 5 rings (SSSR count). The molecule has 1 amide bonds. The molecule has 1 aromatic carbocycles. The summed E-state index contributed by atoms with van der Waals surface area (Å²) >= 11 is 1.49. The lowest BCUT2D eigenvalue weighted by Crippen LogP contribution is -2.46. The fourth-order valence-electron chi connectivity index (χ4n) is 5.03. The Labute approximate surface area is 201 Å². The number of amides is 1. The predicted octanol–water partition coefficient (Wildman–Crippen LogP) is 3.00. The molecule has 1 N–H and O–H groups in total. The number of hydrogen-bond acceptors (Lipinski definition) is 7. The highest BCUT2D eigenvalue weighted by molar-refractivity contribution is 7.18. The van der Waals surface area contributed by atoms with Crippen LogP contribution in [0.1, 0.15) is 40.3 Å². The van der Waals surface area contributed by atoms with Crippen molar-refractivity contribution >= 4 is 33.2 Å². The second-order valence-electron chi connectivity index (χ2n) is 9.06. The molecule has 8 nitrogen and oxygen atoms in total. The van der Waals surface area contributed by atoms with Crippen molar-refractivity contribution in [3.8, 4) is 5.75 Å². The van der Waals surface area contributed by atoms with E-state index in [1.54, 1.807) is 12.0 Å². The first-order valence-electron chi connectivity index (χ1n) is 11.6. The van der Waals surface area contributed by atoms with Gasteiger partial charge in [0.2, 0.25) is 5.91 Å². The molecule has 4 heterocycles. The monoisotopic (exact) mass is 480 g/mol. The largest absolute Gasteiger partial charge is 0.497 e. The predicted molar refractivity (Wildman–Crippen MR) is 130 cm³/mol. The maximum Gasteiger partial charge on any atom is 0.259 e. The van der Waals surface area contributed by atoms with Crippen LogP contribution >= 0.6 is 11.3 Å². The van der Waals surface area contributed by atoms with E-state index < -0.39 is 0 Å². The Kier molecular flexibility index (Phi) is 6.22. The van der Waals surface area contributed by atoms with E-state index in [1.165, 1.54) is 11.3 Å². The number of nitrogens with zero attached hydrogens (tertiary/aromatic N) is 3. The minimum atomic E-state index is -0.170. The van der Waals surface area contributed by atoms with Gasteiger partial charge in [-0.05, 0) is 69.6 Å². The minimum Gasteiger partial charge on any atom is -0.497 e. The van der Waals surface area contributed by atoms with Crippen LogP contribution in [0.15, 0.2) is 35.1 Å². The molecular weight excluding hydrogens is 452 g/mol. The molecule has 9 heteroatoms. The summed E-state index contributed by atoms with van der Waals surface area (Å²) < 4.78 is 5.17. The molecule has 0 spiro atoms. The number of piperidine rings is 1. The van der Waals surface area contributed by atoms with Crippen molar-refractivity contribution in [3.05, 3.63) is 57.0 Å². The first kappa shape index (κ1) is 22.7. The Bertz CT molecular complexity index is 1270. The van der Waals surface area contributed by atoms with Gasteiger partial charge in [0.05, 0.1) is 25.1 Å². The Morgan fingerprint density at radius 2 is 1.88 bits per heavy atom. The van der Waals surface area contributed by atoms with Crippen LogP contribution in [-0.2, 0) is 11.3 Å². The topological polar surface area (TPSA) is 95.6 Å². The third-order valence-corrected chi connectivity index (χ3v) is 7.84. The van der Waals surface area contributed by atoms with Crippen molar-refractivity contribution in [1.82, 2.24) is 19.8 Å². The summed E-state index contributed by atoms with van der Waals surface area (Å²) in [5.74, 6) is 1.48. The number of ether oxygens (including phenoxy) is 1. The molecule has 0 bridgehead atoms. The van der Waals surface area contributed by atoms with Crippen LogP contribution in [0.4, 0.5) is 0 Å². The number of likely N-dealkylation sites (tertiary alicyclic amines) is 2. The number of Topliss-reactive ketones (excluding diaryl/α,β-unsaturated/α-hetero) is 1. The molecule has 2 aromatic heterocycles. The highest BCUT2D eigenvalue weighted by atomic mass is 32.1. The summed E-state index contributed by atoms with van der Waals surface area (Å²) in [5.41, 5.74) is 0.554. The van der Waals surface area contributed by atoms with E-state index >= 15 is 0 Å². The van der Waals surface area contributed by atoms with Gasteiger partial charge in [-0.15, -0.1) is 11.3 Å². The van der Waals surface area contributed by atoms with E-state index in [1.807, 2.05) is 37.3 Å². The SMILES string of the molecule is COc1ccc(C(=O)C2CCN(C3CCN(Cc4nc5sc(C)cc5c(=O)[nH]4)C3=O)CC2)cc1. The molecule has 0 aliphatic carbocycles. The van der Waals surface area contributed by atoms with Gasteiger partial charge in [0.25, 0.3) is 5.56 Å². The van der Waals surface area contributed by atoms with Crippen LogP contribution in [0.3, 0.4) is 0 Å². The average Bonchev–Trinajstić information content (AvgIpc) is 3.41. The van der Waals surface area contributed by atoms with Crippen LogP contribution in [-0.4, -0.2) is 64.2 Å². The molecule has 3 aromatic rings. The van der Waals surface area contributed by atoms with Crippen molar-refractivity contribution in [2.24, 2.45) is 5.92 Å². The van der Waals surface area contributed by atoms with Gasteiger partial charge in [0.1, 0.15) is 16.4 Å². The van der Waals surface area contributed by atoms with E-state index in [9.17, 15) is 14.4 Å². The molecule has 2 aliphatic heterocycles. The zero-order chi connectivity index (χ0) is 23.8. The maximum absolute atomic E-state index is 13.1. The summed E-state index contributed by atoms with van der Waals surface area (Å²) in [7, 11) is 1.61. The lowest BCUT2D eigenvalue weighted by Gasteiger charge is -2.34. The number of H-pyrrole nitrogens is 1. The van der Waals surface area contributed by atoms with Crippen LogP contribution in [0.25, 0.3) is 10.2 Å². The zero-order valence-electron chi connectivity index (χ0n) is 19.4. The van der Waals surface area contributed by atoms with Gasteiger partial charge in [-0.2, -0.15) is 0 Å². The van der Waals surface area contributed by atoms with Gasteiger partial charge >= 0.3 is 0 Å². The molecule has 178 valence electrons. The van der Waals surface area contributed by atoms with Crippen LogP contribution in [0.5, 0.6) is 5.75 Å². The van der Waals surface area contributed by atoms with Gasteiger partial charge in [-0.25, -0.2) is 4.98 Å². The molecule has 0 radical (unpaired) electrons. The van der Waals surface area contributed by atoms with E-state index in [0.717, 1.165) is 43.0 Å². The van der Waals surface area contributed by atoms with Crippen molar-refractivity contribution in [3.63, 3.8) is 0 Å². The Morgan fingerprint density at radius 3 is 2.59 bits per heavy atom. The van der Waals surface area contributed by atoms with Gasteiger partial charge in [0.15, 0.2) is 5.78 Å². The van der Waals surface area contributed by atoms with Gasteiger partial charge in [0, 0.05) is 22.9 Å². The number of rotatable bonds is 6. The second-order valence-corrected chi connectivity index (χ2v) is 10.3. The smallest absolute Gasteiger partial charge is 0.259 e. The third-order valence-electron chi connectivity index (χ3n) is 6.90. The number of hydrogen-bond donors (Lipinski definition) is 1. The highest BCUT2D eigenvalue weighted by Crippen LogP contribution is 2.28. The highest BCUT2D eigenvalue weighted by Gasteiger charge is 2.38. The van der Waals surface area contributed by atoms with E-state index in [0.29, 0.717) is 34.7 Å². The molecule has 2 fully saturated rings. The van der Waals surface area contributed by atoms with Crippen LogP contribution in [0, 0.1) is 12.8 Å². The fraction of sp³-hybridized carbons (Fsp3) is 0.440. The normalized spacial score (nSPS) is 19.8. The summed E-state index contributed by atoms with van der Waals surface area (Å²) in [5, 5.41) is 0.601. The number of carbonyl (C=O) groups excluding carboxylic acids is 2. The van der Waals surface area contributed by atoms with Gasteiger partial charge in [-0.1, -0.05) is 0 Å². The number of aromatic nitrogens is 2. The molecule has 1 atom stereocenters. The van der Waals surface area contributed by atoms with Crippen molar-refractivity contribution in [1.29, 1.82) is 0 Å². The van der Waals surface area contributed by atoms with Crippen molar-refractivity contribution in [2.75, 3.05) is 26.7 Å². The standard InChI is InChI=1S/C25H28N4O4S/c1-15-13-19-23(31)26-21(27-24(19)34-15)14-29-12-9-20(25(29)32)28-10-7-17(8-11-28)22(30)16-3-5-18(33-2)6-4-16/h3-6,13,17,20H,7-12,14H2,1-2H3,(H,26,27,31). The maximum atomic E-state index is 13.1. The van der Waals surface area contributed by atoms with Crippen LogP contribution in [0.2, 0.25) is 0 Å². The fourth-order valence-corrected chi connectivity index (χ4v) is 5.93. The quantitative estimate of drug-likeness (QED) is 0.545. The summed E-state index contributed by atoms with van der Waals surface area (Å²) in [6.07, 6.45) is 2.25. The lowest BCUT2D eigenvalue weighted by molar-refractivity contribution is -0.133. The van der Waals surface area contributed by atoms with E-state index in [2.05, 4.69) is 14.9 Å². The number of benzene rings is 1. The molecule has 34 heavy (non-hydrogen) atoms. The number of thiophene rings is 1. The Balaban J connectivity index is 1.19. The van der Waals surface area contributed by atoms with E-state index in [4.69, 9.17) is 4.74 Å². The minimum absolute atomic E-state index is 0.0208. The number of ketones is 1. The molecule has 0 saturated carbocycles. The molecule has 2 aliphatic rings. The average molecular weight is 481 g/mol. The van der Waals surface area contributed by atoms with E-state index in [-0.39, 0.29) is 29.2 Å². The zero-order valence-corrected chi connectivity index (χ0v) is 20.2. The first-order valence-corrected chi connectivity index (χ1v) is 12.4. The summed E-state index contributed by atoms with van der Waals surface area (Å²) in [6.45, 7) is 4.36. The third kappa shape index (κ3) is 4.37.